The summed E-state index contributed by atoms with van der Waals surface area (Å²) in [4.78, 5) is 11.7. The molecule has 0 amide bonds. The summed E-state index contributed by atoms with van der Waals surface area (Å²) < 4.78 is 4.60. The molecular formula is C18H20O3S. The maximum absolute atomic E-state index is 10.5. The van der Waals surface area contributed by atoms with E-state index in [4.69, 9.17) is 5.11 Å². The van der Waals surface area contributed by atoms with Crippen LogP contribution < -0.4 is 4.74 Å². The number of ether oxygens (including phenoxy) is 1. The third-order valence-electron chi connectivity index (χ3n) is 3.26. The average Bonchev–Trinajstić information content (AvgIpc) is 2.52. The lowest BCUT2D eigenvalue weighted by Gasteiger charge is -2.06. The number of unbranched alkanes of at least 4 members (excludes halogenated alkanes) is 2. The van der Waals surface area contributed by atoms with Gasteiger partial charge in [0.05, 0.1) is 0 Å². The second kappa shape index (κ2) is 8.49. The summed E-state index contributed by atoms with van der Waals surface area (Å²) in [6.07, 6.45) is 2.50. The summed E-state index contributed by atoms with van der Waals surface area (Å²) in [5.41, 5.74) is 2.15. The molecule has 0 unspecified atom stereocenters. The SMILES string of the molecule is CCCCCSc1ccc(-c2ccc(OC(=O)O)cc2)cc1. The second-order valence-electron chi connectivity index (χ2n) is 4.97. The van der Waals surface area contributed by atoms with Crippen LogP contribution in [0.5, 0.6) is 5.75 Å². The first kappa shape index (κ1) is 16.4. The molecule has 0 aromatic heterocycles. The van der Waals surface area contributed by atoms with E-state index < -0.39 is 6.16 Å². The zero-order valence-electron chi connectivity index (χ0n) is 12.6. The van der Waals surface area contributed by atoms with E-state index in [1.165, 1.54) is 24.2 Å². The molecule has 4 heteroatoms. The number of thioether (sulfide) groups is 1. The summed E-state index contributed by atoms with van der Waals surface area (Å²) >= 11 is 1.89. The van der Waals surface area contributed by atoms with Gasteiger partial charge in [-0.05, 0) is 47.6 Å². The lowest BCUT2D eigenvalue weighted by molar-refractivity contribution is 0.144. The van der Waals surface area contributed by atoms with E-state index in [0.29, 0.717) is 5.75 Å². The molecule has 3 nitrogen and oxygen atoms in total. The molecule has 1 N–H and O–H groups in total. The highest BCUT2D eigenvalue weighted by molar-refractivity contribution is 7.99. The molecule has 0 radical (unpaired) electrons. The summed E-state index contributed by atoms with van der Waals surface area (Å²) in [5.74, 6) is 1.49. The van der Waals surface area contributed by atoms with Gasteiger partial charge in [0.25, 0.3) is 0 Å². The first-order valence-corrected chi connectivity index (χ1v) is 8.41. The van der Waals surface area contributed by atoms with Crippen LogP contribution in [0.25, 0.3) is 11.1 Å². The van der Waals surface area contributed by atoms with Crippen LogP contribution in [0.15, 0.2) is 53.4 Å². The molecule has 0 bridgehead atoms. The summed E-state index contributed by atoms with van der Waals surface area (Å²) in [6, 6.07) is 15.5. The van der Waals surface area contributed by atoms with Crippen molar-refractivity contribution < 1.29 is 14.6 Å². The third kappa shape index (κ3) is 5.11. The van der Waals surface area contributed by atoms with E-state index >= 15 is 0 Å². The van der Waals surface area contributed by atoms with Crippen LogP contribution in [0.3, 0.4) is 0 Å². The summed E-state index contributed by atoms with van der Waals surface area (Å²) in [6.45, 7) is 2.21. The van der Waals surface area contributed by atoms with Crippen molar-refractivity contribution >= 4 is 17.9 Å². The fourth-order valence-electron chi connectivity index (χ4n) is 2.10. The maximum atomic E-state index is 10.5. The third-order valence-corrected chi connectivity index (χ3v) is 4.36. The van der Waals surface area contributed by atoms with Crippen LogP contribution in [0.1, 0.15) is 26.2 Å². The van der Waals surface area contributed by atoms with E-state index in [1.54, 1.807) is 12.1 Å². The van der Waals surface area contributed by atoms with Crippen molar-refractivity contribution in [2.24, 2.45) is 0 Å². The number of hydrogen-bond donors (Lipinski definition) is 1. The number of benzene rings is 2. The van der Waals surface area contributed by atoms with Gasteiger partial charge in [-0.2, -0.15) is 0 Å². The molecule has 0 atom stereocenters. The highest BCUT2D eigenvalue weighted by atomic mass is 32.2. The quantitative estimate of drug-likeness (QED) is 0.308. The molecule has 2 rings (SSSR count). The van der Waals surface area contributed by atoms with Gasteiger partial charge in [0.1, 0.15) is 5.75 Å². The van der Waals surface area contributed by atoms with Crippen LogP contribution in [-0.2, 0) is 0 Å². The van der Waals surface area contributed by atoms with E-state index in [-0.39, 0.29) is 0 Å². The van der Waals surface area contributed by atoms with Gasteiger partial charge in [0.15, 0.2) is 0 Å². The smallest absolute Gasteiger partial charge is 0.449 e. The van der Waals surface area contributed by atoms with E-state index in [2.05, 4.69) is 35.9 Å². The highest BCUT2D eigenvalue weighted by Crippen LogP contribution is 2.26. The molecule has 0 fully saturated rings. The van der Waals surface area contributed by atoms with Gasteiger partial charge in [-0.15, -0.1) is 11.8 Å². The molecule has 0 aliphatic heterocycles. The Hall–Kier alpha value is -1.94. The Balaban J connectivity index is 1.96. The van der Waals surface area contributed by atoms with E-state index in [9.17, 15) is 4.79 Å². The lowest BCUT2D eigenvalue weighted by atomic mass is 10.1. The average molecular weight is 316 g/mol. The van der Waals surface area contributed by atoms with Gasteiger partial charge in [-0.1, -0.05) is 44.0 Å². The van der Waals surface area contributed by atoms with Gasteiger partial charge in [0.2, 0.25) is 0 Å². The first-order chi connectivity index (χ1) is 10.7. The van der Waals surface area contributed by atoms with Crippen molar-refractivity contribution in [2.45, 2.75) is 31.1 Å². The van der Waals surface area contributed by atoms with Gasteiger partial charge in [-0.3, -0.25) is 0 Å². The Morgan fingerprint density at radius 1 is 1.00 bits per heavy atom. The fraction of sp³-hybridized carbons (Fsp3) is 0.278. The Morgan fingerprint density at radius 3 is 2.14 bits per heavy atom. The zero-order valence-corrected chi connectivity index (χ0v) is 13.4. The van der Waals surface area contributed by atoms with Crippen LogP contribution in [-0.4, -0.2) is 17.0 Å². The summed E-state index contributed by atoms with van der Waals surface area (Å²) in [7, 11) is 0. The van der Waals surface area contributed by atoms with Crippen LogP contribution >= 0.6 is 11.8 Å². The van der Waals surface area contributed by atoms with Crippen molar-refractivity contribution in [1.29, 1.82) is 0 Å². The van der Waals surface area contributed by atoms with Crippen molar-refractivity contribution in [1.82, 2.24) is 0 Å². The standard InChI is InChI=1S/C18H20O3S/c1-2-3-4-13-22-17-11-7-15(8-12-17)14-5-9-16(10-6-14)21-18(19)20/h5-12H,2-4,13H2,1H3,(H,19,20). The lowest BCUT2D eigenvalue weighted by Crippen LogP contribution is -2.02. The molecule has 2 aromatic carbocycles. The number of rotatable bonds is 7. The number of carboxylic acid groups (broad SMARTS) is 1. The number of carbonyl (C=O) groups is 1. The Labute approximate surface area is 135 Å². The minimum absolute atomic E-state index is 0.333. The van der Waals surface area contributed by atoms with Crippen molar-refractivity contribution in [3.8, 4) is 16.9 Å². The molecule has 0 saturated heterocycles. The Kier molecular flexibility index (Phi) is 6.34. The minimum atomic E-state index is -1.29. The van der Waals surface area contributed by atoms with Crippen LogP contribution in [0.4, 0.5) is 4.79 Å². The van der Waals surface area contributed by atoms with Gasteiger partial charge in [-0.25, -0.2) is 4.79 Å². The van der Waals surface area contributed by atoms with Crippen LogP contribution in [0.2, 0.25) is 0 Å². The molecule has 0 aliphatic rings. The molecule has 0 aliphatic carbocycles. The first-order valence-electron chi connectivity index (χ1n) is 7.43. The normalized spacial score (nSPS) is 10.4. The Bertz CT molecular complexity index is 591. The largest absolute Gasteiger partial charge is 0.511 e. The molecule has 0 heterocycles. The zero-order chi connectivity index (χ0) is 15.8. The van der Waals surface area contributed by atoms with Gasteiger partial charge < -0.3 is 9.84 Å². The van der Waals surface area contributed by atoms with E-state index in [1.807, 2.05) is 23.9 Å². The second-order valence-corrected chi connectivity index (χ2v) is 6.14. The molecule has 0 spiro atoms. The molecule has 116 valence electrons. The summed E-state index contributed by atoms with van der Waals surface area (Å²) in [5, 5.41) is 8.56. The van der Waals surface area contributed by atoms with Crippen LogP contribution in [0, 0.1) is 0 Å². The molecule has 22 heavy (non-hydrogen) atoms. The Morgan fingerprint density at radius 2 is 1.59 bits per heavy atom. The van der Waals surface area contributed by atoms with Crippen molar-refractivity contribution in [3.05, 3.63) is 48.5 Å². The van der Waals surface area contributed by atoms with E-state index in [0.717, 1.165) is 16.9 Å². The van der Waals surface area contributed by atoms with Crippen molar-refractivity contribution in [2.75, 3.05) is 5.75 Å². The fourth-order valence-corrected chi connectivity index (χ4v) is 3.01. The predicted octanol–water partition coefficient (Wildman–Crippen LogP) is 5.69. The maximum Gasteiger partial charge on any atom is 0.511 e. The van der Waals surface area contributed by atoms with Crippen molar-refractivity contribution in [3.63, 3.8) is 0 Å². The molecule has 2 aromatic rings. The monoisotopic (exact) mass is 316 g/mol. The highest BCUT2D eigenvalue weighted by Gasteiger charge is 2.02. The minimum Gasteiger partial charge on any atom is -0.449 e. The molecule has 0 saturated carbocycles. The molecular weight excluding hydrogens is 296 g/mol. The van der Waals surface area contributed by atoms with Gasteiger partial charge >= 0.3 is 6.16 Å². The predicted molar refractivity (Wildman–Crippen MR) is 90.8 cm³/mol. The topological polar surface area (TPSA) is 46.5 Å². The number of hydrogen-bond acceptors (Lipinski definition) is 3. The van der Waals surface area contributed by atoms with Gasteiger partial charge in [0, 0.05) is 4.90 Å².